The zero-order chi connectivity index (χ0) is 25.0. The lowest BCUT2D eigenvalue weighted by Gasteiger charge is -2.36. The molecule has 2 aliphatic rings. The van der Waals surface area contributed by atoms with E-state index in [1.165, 1.54) is 4.31 Å². The summed E-state index contributed by atoms with van der Waals surface area (Å²) >= 11 is 1.06. The number of nitrogens with zero attached hydrogens (tertiary/aromatic N) is 3. The number of methoxy groups -OCH3 is 1. The summed E-state index contributed by atoms with van der Waals surface area (Å²) in [7, 11) is -2.12. The molecule has 35 heavy (non-hydrogen) atoms. The number of piperazine rings is 1. The minimum absolute atomic E-state index is 0.00278. The Morgan fingerprint density at radius 2 is 1.69 bits per heavy atom. The number of sulfonamides is 1. The van der Waals surface area contributed by atoms with Gasteiger partial charge in [-0.25, -0.2) is 8.42 Å². The highest BCUT2D eigenvalue weighted by Gasteiger charge is 2.53. The fraction of sp³-hybridized carbons (Fsp3) is 0.440. The maximum absolute atomic E-state index is 13.4. The second kappa shape index (κ2) is 8.76. The third-order valence-corrected chi connectivity index (χ3v) is 9.88. The van der Waals surface area contributed by atoms with E-state index in [1.54, 1.807) is 34.8 Å². The molecule has 0 unspecified atom stereocenters. The predicted molar refractivity (Wildman–Crippen MR) is 136 cm³/mol. The highest BCUT2D eigenvalue weighted by Crippen LogP contribution is 2.50. The Morgan fingerprint density at radius 1 is 1.03 bits per heavy atom. The minimum Gasteiger partial charge on any atom is -0.497 e. The molecule has 0 spiro atoms. The van der Waals surface area contributed by atoms with Crippen molar-refractivity contribution in [1.82, 2.24) is 13.8 Å². The number of hydrogen-bond acceptors (Lipinski definition) is 6. The van der Waals surface area contributed by atoms with Crippen LogP contribution in [0.25, 0.3) is 10.2 Å². The van der Waals surface area contributed by atoms with Gasteiger partial charge in [0.2, 0.25) is 15.9 Å². The number of hydrogen-bond donors (Lipinski definition) is 0. The van der Waals surface area contributed by atoms with Gasteiger partial charge in [0.15, 0.2) is 0 Å². The lowest BCUT2D eigenvalue weighted by molar-refractivity contribution is -0.135. The van der Waals surface area contributed by atoms with Crippen LogP contribution < -0.4 is 9.61 Å². The van der Waals surface area contributed by atoms with E-state index in [2.05, 4.69) is 0 Å². The van der Waals surface area contributed by atoms with Gasteiger partial charge in [0.1, 0.15) is 5.75 Å². The SMILES string of the molecule is COc1ccc(C2(C(=O)N3CCN(S(=O)(=O)c4ccc5c(c4)sc(=O)n5C(C)C)CC3)CC2)cc1. The highest BCUT2D eigenvalue weighted by atomic mass is 32.2. The standard InChI is InChI=1S/C25H29N3O5S2/c1-17(2)28-21-9-8-20(16-22(21)34-24(28)30)35(31,32)27-14-12-26(13-15-27)23(29)25(10-11-25)18-4-6-19(33-3)7-5-18/h4-9,16-17H,10-15H2,1-3H3. The molecule has 3 aromatic rings. The second-order valence-electron chi connectivity index (χ2n) is 9.47. The summed E-state index contributed by atoms with van der Waals surface area (Å²) < 4.78 is 35.7. The first kappa shape index (κ1) is 24.0. The van der Waals surface area contributed by atoms with Gasteiger partial charge in [-0.2, -0.15) is 4.31 Å². The summed E-state index contributed by atoms with van der Waals surface area (Å²) in [4.78, 5) is 27.6. The fourth-order valence-corrected chi connectivity index (χ4v) is 7.49. The molecule has 1 aromatic heterocycles. The first-order valence-corrected chi connectivity index (χ1v) is 14.0. The third kappa shape index (κ3) is 4.07. The zero-order valence-corrected chi connectivity index (χ0v) is 21.7. The molecular weight excluding hydrogens is 486 g/mol. The van der Waals surface area contributed by atoms with Crippen LogP contribution in [-0.2, 0) is 20.2 Å². The van der Waals surface area contributed by atoms with Crippen molar-refractivity contribution < 1.29 is 17.9 Å². The largest absolute Gasteiger partial charge is 0.497 e. The van der Waals surface area contributed by atoms with E-state index in [-0.39, 0.29) is 34.8 Å². The van der Waals surface area contributed by atoms with E-state index < -0.39 is 15.4 Å². The van der Waals surface area contributed by atoms with Gasteiger partial charge >= 0.3 is 4.87 Å². The van der Waals surface area contributed by atoms with Gasteiger partial charge in [-0.15, -0.1) is 0 Å². The summed E-state index contributed by atoms with van der Waals surface area (Å²) in [6, 6.07) is 12.5. The van der Waals surface area contributed by atoms with Gasteiger partial charge in [0, 0.05) is 32.2 Å². The normalized spacial score (nSPS) is 18.2. The van der Waals surface area contributed by atoms with Crippen LogP contribution in [0.5, 0.6) is 5.75 Å². The molecule has 0 atom stereocenters. The molecule has 2 fully saturated rings. The Balaban J connectivity index is 1.31. The molecule has 1 aliphatic carbocycles. The molecule has 0 radical (unpaired) electrons. The number of rotatable bonds is 6. The van der Waals surface area contributed by atoms with E-state index >= 15 is 0 Å². The van der Waals surface area contributed by atoms with Crippen LogP contribution in [0.2, 0.25) is 0 Å². The highest BCUT2D eigenvalue weighted by molar-refractivity contribution is 7.89. The van der Waals surface area contributed by atoms with E-state index in [4.69, 9.17) is 4.74 Å². The minimum atomic E-state index is -3.73. The van der Waals surface area contributed by atoms with Crippen LogP contribution in [0.4, 0.5) is 0 Å². The first-order valence-electron chi connectivity index (χ1n) is 11.8. The van der Waals surface area contributed by atoms with E-state index in [0.29, 0.717) is 17.8 Å². The molecule has 5 rings (SSSR count). The molecule has 1 aliphatic heterocycles. The number of carbonyl (C=O) groups is 1. The Hall–Kier alpha value is -2.69. The average molecular weight is 516 g/mol. The van der Waals surface area contributed by atoms with Crippen LogP contribution in [0.15, 0.2) is 52.2 Å². The van der Waals surface area contributed by atoms with Crippen LogP contribution >= 0.6 is 11.3 Å². The summed E-state index contributed by atoms with van der Waals surface area (Å²) in [6.07, 6.45) is 1.60. The van der Waals surface area contributed by atoms with Crippen molar-refractivity contribution in [2.24, 2.45) is 0 Å². The lowest BCUT2D eigenvalue weighted by atomic mass is 9.94. The van der Waals surface area contributed by atoms with Gasteiger partial charge < -0.3 is 9.64 Å². The lowest BCUT2D eigenvalue weighted by Crippen LogP contribution is -2.52. The van der Waals surface area contributed by atoms with Crippen molar-refractivity contribution in [3.8, 4) is 5.75 Å². The average Bonchev–Trinajstić information content (AvgIpc) is 3.59. The molecule has 1 saturated carbocycles. The number of ether oxygens (including phenoxy) is 1. The fourth-order valence-electron chi connectivity index (χ4n) is 4.91. The predicted octanol–water partition coefficient (Wildman–Crippen LogP) is 3.22. The first-order chi connectivity index (χ1) is 16.7. The molecule has 0 bridgehead atoms. The molecule has 10 heteroatoms. The van der Waals surface area contributed by atoms with Crippen molar-refractivity contribution in [3.05, 3.63) is 57.7 Å². The Kier molecular flexibility index (Phi) is 6.01. The number of amides is 1. The van der Waals surface area contributed by atoms with Crippen LogP contribution in [0.3, 0.4) is 0 Å². The summed E-state index contributed by atoms with van der Waals surface area (Å²) in [6.45, 7) is 5.06. The van der Waals surface area contributed by atoms with E-state index in [9.17, 15) is 18.0 Å². The Bertz CT molecular complexity index is 1430. The van der Waals surface area contributed by atoms with Crippen LogP contribution in [0, 0.1) is 0 Å². The molecule has 1 saturated heterocycles. The molecular formula is C25H29N3O5S2. The van der Waals surface area contributed by atoms with E-state index in [0.717, 1.165) is 41.0 Å². The van der Waals surface area contributed by atoms with Crippen LogP contribution in [0.1, 0.15) is 38.3 Å². The number of carbonyl (C=O) groups excluding carboxylic acids is 1. The summed E-state index contributed by atoms with van der Waals surface area (Å²) in [5.41, 5.74) is 1.23. The molecule has 1 amide bonds. The number of thiazole rings is 1. The number of fused-ring (bicyclic) bond motifs is 1. The maximum Gasteiger partial charge on any atom is 0.308 e. The topological polar surface area (TPSA) is 88.9 Å². The van der Waals surface area contributed by atoms with E-state index in [1.807, 2.05) is 38.1 Å². The zero-order valence-electron chi connectivity index (χ0n) is 20.1. The van der Waals surface area contributed by atoms with Crippen molar-refractivity contribution in [1.29, 1.82) is 0 Å². The maximum atomic E-state index is 13.4. The Labute approximate surface area is 208 Å². The van der Waals surface area contributed by atoms with Crippen molar-refractivity contribution in [3.63, 3.8) is 0 Å². The quantitative estimate of drug-likeness (QED) is 0.503. The van der Waals surface area contributed by atoms with Gasteiger partial charge in [-0.3, -0.25) is 14.2 Å². The van der Waals surface area contributed by atoms with Crippen LogP contribution in [-0.4, -0.2) is 61.4 Å². The molecule has 2 heterocycles. The summed E-state index contributed by atoms with van der Waals surface area (Å²) in [5.74, 6) is 0.822. The van der Waals surface area contributed by atoms with Gasteiger partial charge in [-0.1, -0.05) is 23.5 Å². The van der Waals surface area contributed by atoms with Gasteiger partial charge in [0.25, 0.3) is 0 Å². The third-order valence-electron chi connectivity index (χ3n) is 7.07. The molecule has 0 N–H and O–H groups in total. The molecule has 2 aromatic carbocycles. The van der Waals surface area contributed by atoms with Crippen molar-refractivity contribution in [2.75, 3.05) is 33.3 Å². The monoisotopic (exact) mass is 515 g/mol. The smallest absolute Gasteiger partial charge is 0.308 e. The second-order valence-corrected chi connectivity index (χ2v) is 12.4. The van der Waals surface area contributed by atoms with Gasteiger partial charge in [0.05, 0.1) is 27.6 Å². The molecule has 8 nitrogen and oxygen atoms in total. The van der Waals surface area contributed by atoms with Gasteiger partial charge in [-0.05, 0) is 62.6 Å². The van der Waals surface area contributed by atoms with Crippen molar-refractivity contribution in [2.45, 2.75) is 43.0 Å². The number of aromatic nitrogens is 1. The Morgan fingerprint density at radius 3 is 2.26 bits per heavy atom. The van der Waals surface area contributed by atoms with Crippen molar-refractivity contribution >= 4 is 37.5 Å². The molecule has 186 valence electrons. The number of benzene rings is 2. The summed E-state index contributed by atoms with van der Waals surface area (Å²) in [5, 5.41) is 0.